The van der Waals surface area contributed by atoms with E-state index in [0.29, 0.717) is 12.2 Å². The van der Waals surface area contributed by atoms with Gasteiger partial charge in [0.1, 0.15) is 0 Å². The van der Waals surface area contributed by atoms with Crippen molar-refractivity contribution in [2.24, 2.45) is 5.92 Å². The summed E-state index contributed by atoms with van der Waals surface area (Å²) in [5.74, 6) is 0.212. The van der Waals surface area contributed by atoms with Gasteiger partial charge in [-0.3, -0.25) is 0 Å². The SMILES string of the molecule is N#C[C@@H]1C[C@H]2CC[C@H]1O2. The van der Waals surface area contributed by atoms with Crippen LogP contribution >= 0.6 is 0 Å². The number of rotatable bonds is 0. The summed E-state index contributed by atoms with van der Waals surface area (Å²) in [6.07, 6.45) is 4.01. The van der Waals surface area contributed by atoms with E-state index in [1.165, 1.54) is 6.42 Å². The second-order valence-corrected chi connectivity index (χ2v) is 2.85. The van der Waals surface area contributed by atoms with Gasteiger partial charge < -0.3 is 4.74 Å². The summed E-state index contributed by atoms with van der Waals surface area (Å²) in [5, 5.41) is 8.56. The van der Waals surface area contributed by atoms with E-state index in [9.17, 15) is 0 Å². The summed E-state index contributed by atoms with van der Waals surface area (Å²) in [4.78, 5) is 0. The highest BCUT2D eigenvalue weighted by Crippen LogP contribution is 2.37. The van der Waals surface area contributed by atoms with Crippen molar-refractivity contribution in [3.05, 3.63) is 0 Å². The molecule has 2 aliphatic rings. The molecule has 0 N–H and O–H groups in total. The molecular weight excluding hydrogens is 114 g/mol. The summed E-state index contributed by atoms with van der Waals surface area (Å²) in [6, 6.07) is 2.27. The van der Waals surface area contributed by atoms with Crippen molar-refractivity contribution in [1.29, 1.82) is 5.26 Å². The number of nitriles is 1. The molecule has 2 aliphatic heterocycles. The second-order valence-electron chi connectivity index (χ2n) is 2.85. The van der Waals surface area contributed by atoms with Crippen molar-refractivity contribution >= 4 is 0 Å². The molecule has 0 unspecified atom stereocenters. The first kappa shape index (κ1) is 5.25. The third-order valence-electron chi connectivity index (χ3n) is 2.27. The van der Waals surface area contributed by atoms with Gasteiger partial charge in [0.25, 0.3) is 0 Å². The van der Waals surface area contributed by atoms with Gasteiger partial charge in [-0.1, -0.05) is 0 Å². The van der Waals surface area contributed by atoms with Gasteiger partial charge in [-0.2, -0.15) is 5.26 Å². The van der Waals surface area contributed by atoms with Crippen LogP contribution in [0.5, 0.6) is 0 Å². The largest absolute Gasteiger partial charge is 0.374 e. The fraction of sp³-hybridized carbons (Fsp3) is 0.857. The lowest BCUT2D eigenvalue weighted by Gasteiger charge is -2.08. The molecule has 0 saturated carbocycles. The van der Waals surface area contributed by atoms with E-state index in [2.05, 4.69) is 6.07 Å². The molecule has 2 heterocycles. The fourth-order valence-electron chi connectivity index (χ4n) is 1.77. The number of hydrogen-bond acceptors (Lipinski definition) is 2. The Morgan fingerprint density at radius 1 is 1.44 bits per heavy atom. The molecule has 0 aliphatic carbocycles. The van der Waals surface area contributed by atoms with Crippen LogP contribution in [0.2, 0.25) is 0 Å². The smallest absolute Gasteiger partial charge is 0.0750 e. The van der Waals surface area contributed by atoms with Gasteiger partial charge in [-0.05, 0) is 19.3 Å². The highest BCUT2D eigenvalue weighted by Gasteiger charge is 2.40. The van der Waals surface area contributed by atoms with Crippen molar-refractivity contribution in [2.75, 3.05) is 0 Å². The van der Waals surface area contributed by atoms with E-state index in [-0.39, 0.29) is 5.92 Å². The molecule has 0 aromatic heterocycles. The predicted molar refractivity (Wildman–Crippen MR) is 31.6 cm³/mol. The third-order valence-corrected chi connectivity index (χ3v) is 2.27. The molecule has 9 heavy (non-hydrogen) atoms. The summed E-state index contributed by atoms with van der Waals surface area (Å²) < 4.78 is 5.45. The molecule has 2 bridgehead atoms. The van der Waals surface area contributed by atoms with E-state index in [1.807, 2.05) is 0 Å². The van der Waals surface area contributed by atoms with Crippen molar-refractivity contribution in [2.45, 2.75) is 31.5 Å². The lowest BCUT2D eigenvalue weighted by molar-refractivity contribution is 0.0986. The third kappa shape index (κ3) is 0.650. The van der Waals surface area contributed by atoms with Gasteiger partial charge in [0.15, 0.2) is 0 Å². The minimum Gasteiger partial charge on any atom is -0.374 e. The first-order valence-corrected chi connectivity index (χ1v) is 3.45. The lowest BCUT2D eigenvalue weighted by atomic mass is 9.91. The molecule has 2 rings (SSSR count). The average molecular weight is 123 g/mol. The van der Waals surface area contributed by atoms with Crippen LogP contribution in [-0.4, -0.2) is 12.2 Å². The zero-order valence-corrected chi connectivity index (χ0v) is 5.21. The molecule has 48 valence electrons. The zero-order chi connectivity index (χ0) is 6.27. The molecule has 0 radical (unpaired) electrons. The molecule has 2 saturated heterocycles. The van der Waals surface area contributed by atoms with E-state index in [0.717, 1.165) is 12.8 Å². The molecule has 2 heteroatoms. The van der Waals surface area contributed by atoms with Crippen LogP contribution in [-0.2, 0) is 4.74 Å². The normalized spacial score (nSPS) is 47.2. The topological polar surface area (TPSA) is 33.0 Å². The molecular formula is C7H9NO. The second kappa shape index (κ2) is 1.71. The molecule has 0 aromatic rings. The van der Waals surface area contributed by atoms with Crippen LogP contribution in [0.3, 0.4) is 0 Å². The van der Waals surface area contributed by atoms with Crippen LogP contribution in [0.15, 0.2) is 0 Å². The molecule has 0 aromatic carbocycles. The summed E-state index contributed by atoms with van der Waals surface area (Å²) in [6.45, 7) is 0. The van der Waals surface area contributed by atoms with Crippen molar-refractivity contribution in [3.8, 4) is 6.07 Å². The highest BCUT2D eigenvalue weighted by molar-refractivity contribution is 4.99. The maximum absolute atomic E-state index is 8.56. The minimum atomic E-state index is 0.212. The fourth-order valence-corrected chi connectivity index (χ4v) is 1.77. The zero-order valence-electron chi connectivity index (χ0n) is 5.21. The van der Waals surface area contributed by atoms with E-state index >= 15 is 0 Å². The van der Waals surface area contributed by atoms with Crippen LogP contribution in [0.25, 0.3) is 0 Å². The Hall–Kier alpha value is -0.550. The van der Waals surface area contributed by atoms with E-state index < -0.39 is 0 Å². The Kier molecular flexibility index (Phi) is 1.000. The first-order valence-electron chi connectivity index (χ1n) is 3.45. The maximum Gasteiger partial charge on any atom is 0.0750 e. The van der Waals surface area contributed by atoms with E-state index in [4.69, 9.17) is 10.00 Å². The van der Waals surface area contributed by atoms with Gasteiger partial charge in [0.2, 0.25) is 0 Å². The Labute approximate surface area is 54.4 Å². The minimum absolute atomic E-state index is 0.212. The van der Waals surface area contributed by atoms with Crippen LogP contribution in [0.4, 0.5) is 0 Å². The first-order chi connectivity index (χ1) is 4.40. The monoisotopic (exact) mass is 123 g/mol. The van der Waals surface area contributed by atoms with Crippen LogP contribution in [0.1, 0.15) is 19.3 Å². The Bertz CT molecular complexity index is 161. The summed E-state index contributed by atoms with van der Waals surface area (Å²) >= 11 is 0. The number of ether oxygens (including phenoxy) is 1. The van der Waals surface area contributed by atoms with E-state index in [1.54, 1.807) is 0 Å². The maximum atomic E-state index is 8.56. The average Bonchev–Trinajstić information content (AvgIpc) is 2.45. The van der Waals surface area contributed by atoms with Gasteiger partial charge in [-0.15, -0.1) is 0 Å². The van der Waals surface area contributed by atoms with Gasteiger partial charge in [0, 0.05) is 0 Å². The Balaban J connectivity index is 2.12. The quantitative estimate of drug-likeness (QED) is 0.482. The van der Waals surface area contributed by atoms with Crippen molar-refractivity contribution in [3.63, 3.8) is 0 Å². The van der Waals surface area contributed by atoms with Crippen LogP contribution in [0, 0.1) is 17.2 Å². The number of fused-ring (bicyclic) bond motifs is 2. The Morgan fingerprint density at radius 3 is 2.67 bits per heavy atom. The lowest BCUT2D eigenvalue weighted by Crippen LogP contribution is -2.13. The number of hydrogen-bond donors (Lipinski definition) is 0. The number of nitrogens with zero attached hydrogens (tertiary/aromatic N) is 1. The molecule has 0 spiro atoms. The van der Waals surface area contributed by atoms with Crippen molar-refractivity contribution < 1.29 is 4.74 Å². The molecule has 2 fully saturated rings. The summed E-state index contributed by atoms with van der Waals surface area (Å²) in [7, 11) is 0. The standard InChI is InChI=1S/C7H9NO/c8-4-5-3-6-1-2-7(5)9-6/h5-7H,1-3H2/t5-,6+,7+/m0/s1. The molecule has 0 amide bonds. The highest BCUT2D eigenvalue weighted by atomic mass is 16.5. The van der Waals surface area contributed by atoms with Gasteiger partial charge in [0.05, 0.1) is 24.2 Å². The van der Waals surface area contributed by atoms with Gasteiger partial charge in [-0.25, -0.2) is 0 Å². The van der Waals surface area contributed by atoms with Crippen LogP contribution < -0.4 is 0 Å². The van der Waals surface area contributed by atoms with Gasteiger partial charge >= 0.3 is 0 Å². The molecule has 2 nitrogen and oxygen atoms in total. The molecule has 3 atom stereocenters. The predicted octanol–water partition coefficient (Wildman–Crippen LogP) is 1.08. The summed E-state index contributed by atoms with van der Waals surface area (Å²) in [5.41, 5.74) is 0. The van der Waals surface area contributed by atoms with Crippen molar-refractivity contribution in [1.82, 2.24) is 0 Å². The Morgan fingerprint density at radius 2 is 2.33 bits per heavy atom.